The van der Waals surface area contributed by atoms with E-state index in [9.17, 15) is 13.2 Å². The van der Waals surface area contributed by atoms with E-state index in [1.165, 1.54) is 12.4 Å². The predicted molar refractivity (Wildman–Crippen MR) is 113 cm³/mol. The number of fused-ring (bicyclic) bond motifs is 1. The zero-order valence-corrected chi connectivity index (χ0v) is 17.7. The van der Waals surface area contributed by atoms with Crippen LogP contribution in [0.2, 0.25) is 0 Å². The van der Waals surface area contributed by atoms with Crippen molar-refractivity contribution in [2.45, 2.75) is 31.1 Å². The molecule has 2 unspecified atom stereocenters. The lowest BCUT2D eigenvalue weighted by Crippen LogP contribution is -2.49. The van der Waals surface area contributed by atoms with Crippen molar-refractivity contribution in [1.82, 2.24) is 15.3 Å². The van der Waals surface area contributed by atoms with Gasteiger partial charge in [-0.2, -0.15) is 5.10 Å². The Morgan fingerprint density at radius 2 is 2.20 bits per heavy atom. The van der Waals surface area contributed by atoms with E-state index in [-0.39, 0.29) is 13.0 Å². The van der Waals surface area contributed by atoms with Crippen LogP contribution in [-0.4, -0.2) is 46.9 Å². The van der Waals surface area contributed by atoms with Crippen LogP contribution in [0, 0.1) is 35.5 Å². The number of nitrogens with two attached hydrogens (primary N) is 1. The molecule has 0 aliphatic heterocycles. The molecule has 0 saturated heterocycles. The molecule has 1 amide bonds. The molecule has 3 rings (SSSR count). The second kappa shape index (κ2) is 8.49. The van der Waals surface area contributed by atoms with Crippen LogP contribution in [0.4, 0.5) is 0 Å². The standard InChI is InChI=1S/C21H24N4O4S/c1-21(20(26)24-27,30(2,28)29)9-10-25-14-18-11-15(7-8-19(18)23-25)5-3-4-6-16-12-17(16)13-22/h7-8,11,14,16-17,27H,9-10,12-13,22H2,1-2H3,(H,24,26)/t16?,17-,21?/m0/s1. The monoisotopic (exact) mass is 428 g/mol. The van der Waals surface area contributed by atoms with Crippen LogP contribution >= 0.6 is 0 Å². The van der Waals surface area contributed by atoms with Crippen molar-refractivity contribution >= 4 is 26.6 Å². The third-order valence-electron chi connectivity index (χ3n) is 5.52. The molecule has 3 atom stereocenters. The molecular formula is C21H24N4O4S. The van der Waals surface area contributed by atoms with Gasteiger partial charge in [0.15, 0.2) is 14.6 Å². The molecule has 1 aromatic heterocycles. The number of amides is 1. The summed E-state index contributed by atoms with van der Waals surface area (Å²) in [6.07, 6.45) is 3.74. The molecule has 1 fully saturated rings. The fourth-order valence-corrected chi connectivity index (χ4v) is 3.94. The third kappa shape index (κ3) is 4.65. The first-order valence-electron chi connectivity index (χ1n) is 9.51. The molecule has 1 saturated carbocycles. The van der Waals surface area contributed by atoms with Crippen molar-refractivity contribution in [3.8, 4) is 23.7 Å². The van der Waals surface area contributed by atoms with Gasteiger partial charge in [0.25, 0.3) is 5.91 Å². The largest absolute Gasteiger partial charge is 0.330 e. The lowest BCUT2D eigenvalue weighted by Gasteiger charge is -2.24. The first-order valence-corrected chi connectivity index (χ1v) is 11.4. The van der Waals surface area contributed by atoms with Crippen LogP contribution < -0.4 is 11.2 Å². The van der Waals surface area contributed by atoms with E-state index in [2.05, 4.69) is 28.8 Å². The Morgan fingerprint density at radius 3 is 2.83 bits per heavy atom. The van der Waals surface area contributed by atoms with E-state index in [0.29, 0.717) is 18.4 Å². The summed E-state index contributed by atoms with van der Waals surface area (Å²) in [4.78, 5) is 11.9. The van der Waals surface area contributed by atoms with Gasteiger partial charge < -0.3 is 5.73 Å². The summed E-state index contributed by atoms with van der Waals surface area (Å²) in [6.45, 7) is 2.13. The molecular weight excluding hydrogens is 404 g/mol. The Kier molecular flexibility index (Phi) is 6.18. The number of hydrogen-bond donors (Lipinski definition) is 3. The van der Waals surface area contributed by atoms with Gasteiger partial charge in [0.2, 0.25) is 0 Å². The van der Waals surface area contributed by atoms with Crippen molar-refractivity contribution < 1.29 is 18.4 Å². The smallest absolute Gasteiger partial charge is 0.264 e. The summed E-state index contributed by atoms with van der Waals surface area (Å²) in [7, 11) is -3.75. The highest BCUT2D eigenvalue weighted by atomic mass is 32.2. The highest BCUT2D eigenvalue weighted by Gasteiger charge is 2.43. The number of carbonyl (C=O) groups excluding carboxylic acids is 1. The Labute approximate surface area is 175 Å². The number of carbonyl (C=O) groups is 1. The van der Waals surface area contributed by atoms with Crippen LogP contribution in [0.3, 0.4) is 0 Å². The lowest BCUT2D eigenvalue weighted by molar-refractivity contribution is -0.131. The van der Waals surface area contributed by atoms with Crippen LogP contribution in [-0.2, 0) is 21.2 Å². The lowest BCUT2D eigenvalue weighted by atomic mass is 10.1. The van der Waals surface area contributed by atoms with E-state index in [1.54, 1.807) is 10.9 Å². The molecule has 30 heavy (non-hydrogen) atoms. The Morgan fingerprint density at radius 1 is 1.43 bits per heavy atom. The second-order valence-corrected chi connectivity index (χ2v) is 10.2. The molecule has 1 aliphatic carbocycles. The maximum atomic E-state index is 12.1. The minimum absolute atomic E-state index is 0.0422. The van der Waals surface area contributed by atoms with Crippen LogP contribution in [0.5, 0.6) is 0 Å². The number of rotatable bonds is 6. The number of aryl methyl sites for hydroxylation is 1. The van der Waals surface area contributed by atoms with E-state index < -0.39 is 20.5 Å². The fraction of sp³-hybridized carbons (Fsp3) is 0.429. The minimum atomic E-state index is -3.75. The van der Waals surface area contributed by atoms with E-state index >= 15 is 0 Å². The van der Waals surface area contributed by atoms with Crippen molar-refractivity contribution in [3.05, 3.63) is 30.0 Å². The summed E-state index contributed by atoms with van der Waals surface area (Å²) < 4.78 is 23.9. The van der Waals surface area contributed by atoms with E-state index in [4.69, 9.17) is 10.9 Å². The number of hydrogen-bond acceptors (Lipinski definition) is 6. The zero-order valence-electron chi connectivity index (χ0n) is 16.8. The Bertz CT molecular complexity index is 1200. The molecule has 1 aliphatic rings. The number of benzene rings is 1. The highest BCUT2D eigenvalue weighted by Crippen LogP contribution is 2.36. The molecule has 0 radical (unpaired) electrons. The summed E-state index contributed by atoms with van der Waals surface area (Å²) in [5, 5.41) is 14.2. The number of sulfone groups is 1. The third-order valence-corrected chi connectivity index (χ3v) is 7.55. The summed E-state index contributed by atoms with van der Waals surface area (Å²) >= 11 is 0. The van der Waals surface area contributed by atoms with Gasteiger partial charge in [-0.3, -0.25) is 14.7 Å². The highest BCUT2D eigenvalue weighted by molar-refractivity contribution is 7.92. The van der Waals surface area contributed by atoms with E-state index in [1.807, 2.05) is 18.2 Å². The van der Waals surface area contributed by atoms with Crippen molar-refractivity contribution in [3.63, 3.8) is 0 Å². The Balaban J connectivity index is 1.72. The van der Waals surface area contributed by atoms with Crippen LogP contribution in [0.25, 0.3) is 10.9 Å². The number of nitrogens with zero attached hydrogens (tertiary/aromatic N) is 2. The average molecular weight is 429 g/mol. The molecule has 0 bridgehead atoms. The predicted octanol–water partition coefficient (Wildman–Crippen LogP) is 0.685. The van der Waals surface area contributed by atoms with Gasteiger partial charge in [0, 0.05) is 35.9 Å². The zero-order chi connectivity index (χ0) is 21.9. The van der Waals surface area contributed by atoms with Gasteiger partial charge in [-0.25, -0.2) is 13.9 Å². The van der Waals surface area contributed by atoms with E-state index in [0.717, 1.165) is 29.1 Å². The first kappa shape index (κ1) is 21.8. The van der Waals surface area contributed by atoms with Crippen molar-refractivity contribution in [2.75, 3.05) is 12.8 Å². The van der Waals surface area contributed by atoms with Gasteiger partial charge >= 0.3 is 0 Å². The summed E-state index contributed by atoms with van der Waals surface area (Å²) in [5.41, 5.74) is 8.55. The van der Waals surface area contributed by atoms with Gasteiger partial charge in [-0.05, 0) is 62.3 Å². The maximum Gasteiger partial charge on any atom is 0.264 e. The second-order valence-electron chi connectivity index (χ2n) is 7.72. The topological polar surface area (TPSA) is 127 Å². The molecule has 0 spiro atoms. The Hall–Kier alpha value is -2.85. The molecule has 8 nitrogen and oxygen atoms in total. The molecule has 1 heterocycles. The average Bonchev–Trinajstić information content (AvgIpc) is 3.35. The number of nitrogens with one attached hydrogen (secondary N) is 1. The molecule has 2 aromatic rings. The normalized spacial score (nSPS) is 19.7. The quantitative estimate of drug-likeness (QED) is 0.353. The fourth-order valence-electron chi connectivity index (χ4n) is 3.10. The van der Waals surface area contributed by atoms with Gasteiger partial charge in [0.1, 0.15) is 0 Å². The summed E-state index contributed by atoms with van der Waals surface area (Å²) in [5.74, 6) is 11.8. The van der Waals surface area contributed by atoms with Crippen LogP contribution in [0.1, 0.15) is 25.3 Å². The maximum absolute atomic E-state index is 12.1. The van der Waals surface area contributed by atoms with Gasteiger partial charge in [-0.15, -0.1) is 0 Å². The molecule has 1 aromatic carbocycles. The van der Waals surface area contributed by atoms with Crippen molar-refractivity contribution in [1.29, 1.82) is 0 Å². The number of aromatic nitrogens is 2. The van der Waals surface area contributed by atoms with Gasteiger partial charge in [-0.1, -0.05) is 11.8 Å². The summed E-state index contributed by atoms with van der Waals surface area (Å²) in [6, 6.07) is 5.54. The van der Waals surface area contributed by atoms with Crippen molar-refractivity contribution in [2.24, 2.45) is 17.6 Å². The molecule has 9 heteroatoms. The minimum Gasteiger partial charge on any atom is -0.330 e. The van der Waals surface area contributed by atoms with Crippen LogP contribution in [0.15, 0.2) is 24.4 Å². The molecule has 158 valence electrons. The number of hydroxylamine groups is 1. The first-order chi connectivity index (χ1) is 14.2. The van der Waals surface area contributed by atoms with Gasteiger partial charge in [0.05, 0.1) is 5.52 Å². The SMILES string of the molecule is CC(CCn1cc2cc(C#CC#CC3C[C@H]3CN)ccc2n1)(C(=O)NO)S(C)(=O)=O. The molecule has 4 N–H and O–H groups in total.